The van der Waals surface area contributed by atoms with Crippen LogP contribution in [0, 0.1) is 0 Å². The molecule has 0 spiro atoms. The number of hydrogen-bond acceptors (Lipinski definition) is 9. The van der Waals surface area contributed by atoms with Gasteiger partial charge in [0.15, 0.2) is 5.96 Å². The van der Waals surface area contributed by atoms with E-state index in [1.165, 1.54) is 0 Å². The zero-order chi connectivity index (χ0) is 24.8. The van der Waals surface area contributed by atoms with Crippen LogP contribution in [0.15, 0.2) is 4.99 Å². The molecule has 0 aromatic carbocycles. The van der Waals surface area contributed by atoms with Gasteiger partial charge in [0.1, 0.15) is 18.1 Å². The highest BCUT2D eigenvalue weighted by Crippen LogP contribution is 2.01. The maximum absolute atomic E-state index is 12.4. The fourth-order valence-electron chi connectivity index (χ4n) is 2.28. The van der Waals surface area contributed by atoms with Crippen LogP contribution in [0.1, 0.15) is 19.3 Å². The number of nitrogens with two attached hydrogens (primary N) is 4. The van der Waals surface area contributed by atoms with Gasteiger partial charge in [-0.2, -0.15) is 12.6 Å². The van der Waals surface area contributed by atoms with Gasteiger partial charge in [-0.05, 0) is 12.8 Å². The molecule has 0 aromatic rings. The maximum Gasteiger partial charge on any atom is 0.326 e. The standard InChI is InChI=1S/C16H30N8O7S/c17-7(4-11(18)26)12(27)24-10(6-32)14(29)23-9(5-25)13(28)22-8(15(30)31)2-1-3-21-16(19)20/h7-10,25,32H,1-6,17H2,(H2,18,26)(H,22,28)(H,23,29)(H,24,27)(H,30,31)(H4,19,20,21). The van der Waals surface area contributed by atoms with Gasteiger partial charge in [-0.15, -0.1) is 0 Å². The Morgan fingerprint density at radius 1 is 0.906 bits per heavy atom. The number of aliphatic hydroxyl groups is 1. The van der Waals surface area contributed by atoms with Crippen molar-refractivity contribution in [3.05, 3.63) is 0 Å². The second kappa shape index (κ2) is 14.8. The summed E-state index contributed by atoms with van der Waals surface area (Å²) in [6, 6.07) is -5.40. The number of guanidine groups is 1. The molecular weight excluding hydrogens is 448 g/mol. The van der Waals surface area contributed by atoms with Gasteiger partial charge in [0.05, 0.1) is 19.1 Å². The number of rotatable bonds is 15. The van der Waals surface area contributed by atoms with E-state index < -0.39 is 66.8 Å². The molecule has 0 fully saturated rings. The minimum Gasteiger partial charge on any atom is -0.480 e. The normalized spacial score (nSPS) is 14.2. The van der Waals surface area contributed by atoms with Crippen LogP contribution in [-0.2, 0) is 24.0 Å². The number of nitrogens with one attached hydrogen (secondary N) is 3. The number of primary amides is 1. The zero-order valence-electron chi connectivity index (χ0n) is 17.2. The Hall–Kier alpha value is -3.11. The van der Waals surface area contributed by atoms with Crippen LogP contribution in [0.3, 0.4) is 0 Å². The number of amides is 4. The lowest BCUT2D eigenvalue weighted by Crippen LogP contribution is -2.58. The SMILES string of the molecule is NC(=O)CC(N)C(=O)NC(CS)C(=O)NC(CO)C(=O)NC(CCCN=C(N)N)C(=O)O. The van der Waals surface area contributed by atoms with Crippen molar-refractivity contribution in [2.45, 2.75) is 43.4 Å². The van der Waals surface area contributed by atoms with E-state index in [4.69, 9.17) is 22.9 Å². The van der Waals surface area contributed by atoms with E-state index in [9.17, 15) is 34.2 Å². The predicted octanol–water partition coefficient (Wildman–Crippen LogP) is -5.30. The number of carbonyl (C=O) groups excluding carboxylic acids is 4. The fraction of sp³-hybridized carbons (Fsp3) is 0.625. The summed E-state index contributed by atoms with van der Waals surface area (Å²) in [6.07, 6.45) is -0.226. The summed E-state index contributed by atoms with van der Waals surface area (Å²) in [7, 11) is 0. The van der Waals surface area contributed by atoms with Crippen molar-refractivity contribution in [1.82, 2.24) is 16.0 Å². The summed E-state index contributed by atoms with van der Waals surface area (Å²) in [5.74, 6) is -5.24. The zero-order valence-corrected chi connectivity index (χ0v) is 18.1. The monoisotopic (exact) mass is 478 g/mol. The van der Waals surface area contributed by atoms with Crippen LogP contribution < -0.4 is 38.9 Å². The van der Waals surface area contributed by atoms with E-state index in [0.29, 0.717) is 0 Å². The van der Waals surface area contributed by atoms with Crippen LogP contribution in [0.2, 0.25) is 0 Å². The highest BCUT2D eigenvalue weighted by molar-refractivity contribution is 7.80. The molecule has 13 N–H and O–H groups in total. The van der Waals surface area contributed by atoms with E-state index in [2.05, 4.69) is 33.6 Å². The number of carboxylic acids is 1. The number of aliphatic hydroxyl groups excluding tert-OH is 1. The first-order valence-electron chi connectivity index (χ1n) is 9.37. The van der Waals surface area contributed by atoms with Crippen molar-refractivity contribution in [3.8, 4) is 0 Å². The number of carbonyl (C=O) groups is 5. The minimum absolute atomic E-state index is 0.0168. The molecule has 182 valence electrons. The molecule has 0 heterocycles. The van der Waals surface area contributed by atoms with E-state index in [0.717, 1.165) is 0 Å². The molecule has 0 aliphatic rings. The molecule has 32 heavy (non-hydrogen) atoms. The van der Waals surface area contributed by atoms with Gasteiger partial charge in [-0.25, -0.2) is 4.79 Å². The van der Waals surface area contributed by atoms with Gasteiger partial charge in [-0.3, -0.25) is 24.2 Å². The minimum atomic E-state index is -1.51. The number of aliphatic carboxylic acids is 1. The third-order valence-electron chi connectivity index (χ3n) is 3.95. The number of hydrogen-bond donors (Lipinski definition) is 10. The lowest BCUT2D eigenvalue weighted by Gasteiger charge is -2.23. The van der Waals surface area contributed by atoms with Gasteiger partial charge in [0.2, 0.25) is 23.6 Å². The first kappa shape index (κ1) is 28.9. The summed E-state index contributed by atoms with van der Waals surface area (Å²) in [5, 5.41) is 25.3. The maximum atomic E-state index is 12.4. The van der Waals surface area contributed by atoms with Gasteiger partial charge < -0.3 is 49.1 Å². The van der Waals surface area contributed by atoms with E-state index in [-0.39, 0.29) is 31.1 Å². The second-order valence-corrected chi connectivity index (χ2v) is 6.98. The van der Waals surface area contributed by atoms with Gasteiger partial charge in [0.25, 0.3) is 0 Å². The van der Waals surface area contributed by atoms with Crippen molar-refractivity contribution in [2.24, 2.45) is 27.9 Å². The third-order valence-corrected chi connectivity index (χ3v) is 4.31. The van der Waals surface area contributed by atoms with Crippen LogP contribution in [0.25, 0.3) is 0 Å². The van der Waals surface area contributed by atoms with Crippen LogP contribution in [0.5, 0.6) is 0 Å². The molecule has 0 aliphatic carbocycles. The molecule has 4 unspecified atom stereocenters. The first-order chi connectivity index (χ1) is 14.9. The average molecular weight is 479 g/mol. The topological polar surface area (TPSA) is 278 Å². The smallest absolute Gasteiger partial charge is 0.326 e. The molecule has 4 amide bonds. The van der Waals surface area contributed by atoms with E-state index >= 15 is 0 Å². The lowest BCUT2D eigenvalue weighted by atomic mass is 10.1. The van der Waals surface area contributed by atoms with Crippen molar-refractivity contribution in [3.63, 3.8) is 0 Å². The van der Waals surface area contributed by atoms with E-state index in [1.54, 1.807) is 0 Å². The average Bonchev–Trinajstić information content (AvgIpc) is 2.70. The summed E-state index contributed by atoms with van der Waals surface area (Å²) in [4.78, 5) is 62.6. The molecule has 4 atom stereocenters. The number of thiol groups is 1. The number of carboxylic acid groups (broad SMARTS) is 1. The van der Waals surface area contributed by atoms with Crippen LogP contribution in [-0.4, -0.2) is 88.8 Å². The number of nitrogens with zero attached hydrogens (tertiary/aromatic N) is 1. The molecule has 0 radical (unpaired) electrons. The molecule has 0 aromatic heterocycles. The summed E-state index contributed by atoms with van der Waals surface area (Å²) in [6.45, 7) is -0.713. The van der Waals surface area contributed by atoms with Crippen molar-refractivity contribution in [2.75, 3.05) is 18.9 Å². The van der Waals surface area contributed by atoms with Gasteiger partial charge in [-0.1, -0.05) is 0 Å². The van der Waals surface area contributed by atoms with Crippen molar-refractivity contribution in [1.29, 1.82) is 0 Å². The van der Waals surface area contributed by atoms with Crippen molar-refractivity contribution < 1.29 is 34.2 Å². The molecule has 16 heteroatoms. The molecule has 0 bridgehead atoms. The summed E-state index contributed by atoms with van der Waals surface area (Å²) in [5.41, 5.74) is 20.8. The molecule has 15 nitrogen and oxygen atoms in total. The Morgan fingerprint density at radius 2 is 1.44 bits per heavy atom. The molecule has 0 rings (SSSR count). The largest absolute Gasteiger partial charge is 0.480 e. The van der Waals surface area contributed by atoms with Gasteiger partial charge in [0, 0.05) is 12.3 Å². The number of aliphatic imine (C=N–C) groups is 1. The summed E-state index contributed by atoms with van der Waals surface area (Å²) >= 11 is 3.94. The molecular formula is C16H30N8O7S. The van der Waals surface area contributed by atoms with Crippen LogP contribution in [0.4, 0.5) is 0 Å². The Morgan fingerprint density at radius 3 is 1.91 bits per heavy atom. The van der Waals surface area contributed by atoms with Gasteiger partial charge >= 0.3 is 5.97 Å². The summed E-state index contributed by atoms with van der Waals surface area (Å²) < 4.78 is 0. The Bertz CT molecular complexity index is 717. The Kier molecular flexibility index (Phi) is 13.4. The third kappa shape index (κ3) is 11.3. The van der Waals surface area contributed by atoms with E-state index in [1.807, 2.05) is 0 Å². The quantitative estimate of drug-likeness (QED) is 0.0461. The highest BCUT2D eigenvalue weighted by atomic mass is 32.1. The second-order valence-electron chi connectivity index (χ2n) is 6.61. The molecule has 0 saturated carbocycles. The Balaban J connectivity index is 4.97. The highest BCUT2D eigenvalue weighted by Gasteiger charge is 2.29. The van der Waals surface area contributed by atoms with Crippen LogP contribution >= 0.6 is 12.6 Å². The fourth-order valence-corrected chi connectivity index (χ4v) is 2.54. The van der Waals surface area contributed by atoms with Crippen molar-refractivity contribution >= 4 is 48.2 Å². The Labute approximate surface area is 189 Å². The molecule has 0 aliphatic heterocycles. The first-order valence-corrected chi connectivity index (χ1v) is 10.0. The lowest BCUT2D eigenvalue weighted by molar-refractivity contribution is -0.142. The predicted molar refractivity (Wildman–Crippen MR) is 116 cm³/mol. The molecule has 0 saturated heterocycles.